The highest BCUT2D eigenvalue weighted by atomic mass is 79.9. The Morgan fingerprint density at radius 3 is 2.78 bits per heavy atom. The molecule has 1 aromatic heterocycles. The van der Waals surface area contributed by atoms with E-state index in [1.54, 1.807) is 25.2 Å². The van der Waals surface area contributed by atoms with Gasteiger partial charge in [0.25, 0.3) is 0 Å². The van der Waals surface area contributed by atoms with Gasteiger partial charge in [-0.2, -0.15) is 0 Å². The molecule has 0 aliphatic heterocycles. The van der Waals surface area contributed by atoms with E-state index in [-0.39, 0.29) is 5.91 Å². The first-order chi connectivity index (χ1) is 8.54. The lowest BCUT2D eigenvalue weighted by Crippen LogP contribution is -2.47. The number of carbonyl (C=O) groups is 2. The predicted octanol–water partition coefficient (Wildman–Crippen LogP) is 1.83. The monoisotopic (exact) mass is 333 g/mol. The van der Waals surface area contributed by atoms with E-state index >= 15 is 0 Å². The number of carbonyl (C=O) groups excluding carboxylic acids is 2. The zero-order valence-electron chi connectivity index (χ0n) is 10.2. The van der Waals surface area contributed by atoms with Gasteiger partial charge in [-0.05, 0) is 41.2 Å². The zero-order chi connectivity index (χ0) is 13.5. The van der Waals surface area contributed by atoms with Crippen LogP contribution in [-0.2, 0) is 11.3 Å². The first-order valence-corrected chi connectivity index (χ1v) is 7.25. The third-order valence-electron chi connectivity index (χ3n) is 2.23. The van der Waals surface area contributed by atoms with Crippen LogP contribution in [0.3, 0.4) is 0 Å². The summed E-state index contributed by atoms with van der Waals surface area (Å²) in [6.45, 7) is 4.58. The molecule has 0 spiro atoms. The molecule has 0 bridgehead atoms. The van der Waals surface area contributed by atoms with Crippen molar-refractivity contribution < 1.29 is 9.59 Å². The molecule has 7 heteroatoms. The predicted molar refractivity (Wildman–Crippen MR) is 75.5 cm³/mol. The fourth-order valence-electron chi connectivity index (χ4n) is 1.21. The van der Waals surface area contributed by atoms with Gasteiger partial charge in [-0.3, -0.25) is 10.1 Å². The van der Waals surface area contributed by atoms with E-state index in [2.05, 4.69) is 31.9 Å². The van der Waals surface area contributed by atoms with Gasteiger partial charge in [-0.1, -0.05) is 0 Å². The van der Waals surface area contributed by atoms with Gasteiger partial charge in [0.2, 0.25) is 5.91 Å². The van der Waals surface area contributed by atoms with Crippen molar-refractivity contribution in [3.63, 3.8) is 0 Å². The largest absolute Gasteiger partial charge is 0.338 e. The number of rotatable bonds is 5. The summed E-state index contributed by atoms with van der Waals surface area (Å²) in [6.07, 6.45) is 0. The molecule has 1 aromatic rings. The van der Waals surface area contributed by atoms with Crippen LogP contribution in [0.1, 0.15) is 18.7 Å². The van der Waals surface area contributed by atoms with Gasteiger partial charge in [0.1, 0.15) is 0 Å². The topological polar surface area (TPSA) is 70.2 Å². The van der Waals surface area contributed by atoms with Gasteiger partial charge in [0, 0.05) is 22.4 Å². The average Bonchev–Trinajstić information content (AvgIpc) is 2.72. The van der Waals surface area contributed by atoms with Crippen molar-refractivity contribution >= 4 is 39.2 Å². The summed E-state index contributed by atoms with van der Waals surface area (Å²) in [7, 11) is 0. The molecule has 5 nitrogen and oxygen atoms in total. The number of urea groups is 1. The summed E-state index contributed by atoms with van der Waals surface area (Å²) in [6, 6.07) is 1.07. The molecule has 0 radical (unpaired) electrons. The fraction of sp³-hybridized carbons (Fsp3) is 0.455. The summed E-state index contributed by atoms with van der Waals surface area (Å²) in [4.78, 5) is 23.9. The Morgan fingerprint density at radius 1 is 1.50 bits per heavy atom. The molecule has 0 saturated carbocycles. The molecule has 0 aliphatic rings. The van der Waals surface area contributed by atoms with Crippen molar-refractivity contribution in [1.82, 2.24) is 16.0 Å². The van der Waals surface area contributed by atoms with E-state index in [1.165, 1.54) is 0 Å². The highest BCUT2D eigenvalue weighted by molar-refractivity contribution is 9.10. The smallest absolute Gasteiger partial charge is 0.321 e. The first kappa shape index (κ1) is 15.1. The van der Waals surface area contributed by atoms with Gasteiger partial charge in [-0.25, -0.2) is 4.79 Å². The Morgan fingerprint density at radius 2 is 2.22 bits per heavy atom. The summed E-state index contributed by atoms with van der Waals surface area (Å²) in [5.41, 5.74) is 0. The molecule has 0 aromatic carbocycles. The number of thiophene rings is 1. The van der Waals surface area contributed by atoms with E-state index in [0.717, 1.165) is 9.35 Å². The number of hydrogen-bond acceptors (Lipinski definition) is 4. The Bertz CT molecular complexity index is 422. The van der Waals surface area contributed by atoms with Gasteiger partial charge < -0.3 is 10.6 Å². The molecular formula is C11H16BrN3O2S. The maximum Gasteiger partial charge on any atom is 0.321 e. The second-order valence-corrected chi connectivity index (χ2v) is 5.50. The van der Waals surface area contributed by atoms with E-state index in [9.17, 15) is 9.59 Å². The number of halogens is 1. The second-order valence-electron chi connectivity index (χ2n) is 3.64. The second kappa shape index (κ2) is 7.50. The number of hydrogen-bond donors (Lipinski definition) is 3. The van der Waals surface area contributed by atoms with Crippen molar-refractivity contribution in [1.29, 1.82) is 0 Å². The van der Waals surface area contributed by atoms with Crippen LogP contribution in [0.15, 0.2) is 15.9 Å². The number of amides is 3. The number of imide groups is 1. The van der Waals surface area contributed by atoms with Crippen LogP contribution in [0.2, 0.25) is 0 Å². The average molecular weight is 334 g/mol. The lowest BCUT2D eigenvalue weighted by molar-refractivity contribution is -0.121. The lowest BCUT2D eigenvalue weighted by atomic mass is 10.3. The Labute approximate surface area is 118 Å². The molecule has 1 unspecified atom stereocenters. The van der Waals surface area contributed by atoms with Gasteiger partial charge in [0.15, 0.2) is 0 Å². The van der Waals surface area contributed by atoms with Crippen LogP contribution >= 0.6 is 27.3 Å². The van der Waals surface area contributed by atoms with Gasteiger partial charge in [-0.15, -0.1) is 11.3 Å². The van der Waals surface area contributed by atoms with Crippen molar-refractivity contribution in [3.8, 4) is 0 Å². The van der Waals surface area contributed by atoms with Crippen molar-refractivity contribution in [2.75, 3.05) is 6.54 Å². The molecule has 1 heterocycles. The third-order valence-corrected chi connectivity index (χ3v) is 4.15. The van der Waals surface area contributed by atoms with Crippen LogP contribution in [-0.4, -0.2) is 24.5 Å². The lowest BCUT2D eigenvalue weighted by Gasteiger charge is -2.13. The van der Waals surface area contributed by atoms with Gasteiger partial charge >= 0.3 is 6.03 Å². The van der Waals surface area contributed by atoms with E-state index in [1.807, 2.05) is 11.4 Å². The minimum Gasteiger partial charge on any atom is -0.338 e. The van der Waals surface area contributed by atoms with Crippen LogP contribution in [0.25, 0.3) is 0 Å². The van der Waals surface area contributed by atoms with Crippen LogP contribution in [0.4, 0.5) is 4.79 Å². The molecule has 0 fully saturated rings. The maximum absolute atomic E-state index is 11.6. The molecule has 0 aliphatic carbocycles. The minimum atomic E-state index is -0.464. The summed E-state index contributed by atoms with van der Waals surface area (Å²) in [5.74, 6) is -0.339. The SMILES string of the molecule is CCNC(=O)NC(=O)C(C)NCc1sccc1Br. The molecule has 3 amide bonds. The summed E-state index contributed by atoms with van der Waals surface area (Å²) < 4.78 is 1.02. The molecule has 1 atom stereocenters. The van der Waals surface area contributed by atoms with Crippen molar-refractivity contribution in [2.24, 2.45) is 0 Å². The Balaban J connectivity index is 2.36. The first-order valence-electron chi connectivity index (χ1n) is 5.58. The van der Waals surface area contributed by atoms with E-state index in [0.29, 0.717) is 13.1 Å². The highest BCUT2D eigenvalue weighted by Crippen LogP contribution is 2.22. The number of nitrogens with one attached hydrogen (secondary N) is 3. The Hall–Kier alpha value is -0.920. The van der Waals surface area contributed by atoms with E-state index < -0.39 is 12.1 Å². The Kier molecular flexibility index (Phi) is 6.31. The molecular weight excluding hydrogens is 318 g/mol. The molecule has 3 N–H and O–H groups in total. The minimum absolute atomic E-state index is 0.339. The van der Waals surface area contributed by atoms with Gasteiger partial charge in [0.05, 0.1) is 6.04 Å². The van der Waals surface area contributed by atoms with Crippen molar-refractivity contribution in [2.45, 2.75) is 26.4 Å². The molecule has 18 heavy (non-hydrogen) atoms. The standard InChI is InChI=1S/C11H16BrN3O2S/c1-3-13-11(17)15-10(16)7(2)14-6-9-8(12)4-5-18-9/h4-5,7,14H,3,6H2,1-2H3,(H2,13,15,16,17). The van der Waals surface area contributed by atoms with Crippen LogP contribution < -0.4 is 16.0 Å². The molecule has 1 rings (SSSR count). The van der Waals surface area contributed by atoms with E-state index in [4.69, 9.17) is 0 Å². The zero-order valence-corrected chi connectivity index (χ0v) is 12.7. The summed E-state index contributed by atoms with van der Waals surface area (Å²) >= 11 is 5.02. The highest BCUT2D eigenvalue weighted by Gasteiger charge is 2.15. The van der Waals surface area contributed by atoms with Crippen LogP contribution in [0, 0.1) is 0 Å². The molecule has 100 valence electrons. The fourth-order valence-corrected chi connectivity index (χ4v) is 2.66. The third kappa shape index (κ3) is 4.75. The normalized spacial score (nSPS) is 11.9. The quantitative estimate of drug-likeness (QED) is 0.769. The summed E-state index contributed by atoms with van der Waals surface area (Å²) in [5, 5.41) is 9.81. The van der Waals surface area contributed by atoms with Crippen molar-refractivity contribution in [3.05, 3.63) is 20.8 Å². The maximum atomic E-state index is 11.6. The van der Waals surface area contributed by atoms with Crippen LogP contribution in [0.5, 0.6) is 0 Å². The molecule has 0 saturated heterocycles.